The topological polar surface area (TPSA) is 58.1 Å². The number of rotatable bonds is 3. The molecule has 0 bridgehead atoms. The molecule has 0 spiro atoms. The van der Waals surface area contributed by atoms with Gasteiger partial charge in [0.2, 0.25) is 5.91 Å². The summed E-state index contributed by atoms with van der Waals surface area (Å²) in [4.78, 5) is 21.8. The van der Waals surface area contributed by atoms with Crippen LogP contribution in [-0.4, -0.2) is 35.0 Å². The van der Waals surface area contributed by atoms with Crippen molar-refractivity contribution in [1.29, 1.82) is 0 Å². The Bertz CT molecular complexity index is 384. The van der Waals surface area contributed by atoms with Gasteiger partial charge in [-0.25, -0.2) is 4.98 Å². The number of nitrogens with zero attached hydrogens (tertiary/aromatic N) is 3. The molecule has 3 rings (SSSR count). The largest absolute Gasteiger partial charge is 0.351 e. The molecule has 0 unspecified atom stereocenters. The molecule has 1 N–H and O–H groups in total. The second-order valence-corrected chi connectivity index (χ2v) is 4.45. The molecule has 0 radical (unpaired) electrons. The molecule has 2 fully saturated rings. The van der Waals surface area contributed by atoms with Crippen LogP contribution in [0, 0.1) is 5.92 Å². The van der Waals surface area contributed by atoms with Gasteiger partial charge in [0, 0.05) is 31.4 Å². The van der Waals surface area contributed by atoms with Crippen molar-refractivity contribution >= 4 is 11.7 Å². The van der Waals surface area contributed by atoms with Crippen molar-refractivity contribution in [2.45, 2.75) is 18.9 Å². The average Bonchev–Trinajstić information content (AvgIpc) is 3.07. The third kappa shape index (κ3) is 1.85. The normalized spacial score (nSPS) is 20.4. The van der Waals surface area contributed by atoms with E-state index in [0.717, 1.165) is 31.7 Å². The standard InChI is InChI=1S/C11H14N4O/c16-11(8-1-2-8)14-9-6-15(7-9)10-5-12-3-4-13-10/h3-5,8-9H,1-2,6-7H2,(H,14,16). The minimum absolute atomic E-state index is 0.226. The molecular weight excluding hydrogens is 204 g/mol. The first-order valence-corrected chi connectivity index (χ1v) is 5.64. The van der Waals surface area contributed by atoms with Crippen molar-refractivity contribution in [2.75, 3.05) is 18.0 Å². The first kappa shape index (κ1) is 9.57. The van der Waals surface area contributed by atoms with Crippen molar-refractivity contribution in [3.8, 4) is 0 Å². The highest BCUT2D eigenvalue weighted by Crippen LogP contribution is 2.29. The predicted molar refractivity (Wildman–Crippen MR) is 58.9 cm³/mol. The van der Waals surface area contributed by atoms with Gasteiger partial charge in [0.15, 0.2) is 0 Å². The first-order valence-electron chi connectivity index (χ1n) is 5.64. The zero-order valence-electron chi connectivity index (χ0n) is 8.97. The molecule has 1 saturated carbocycles. The molecule has 0 aromatic carbocycles. The SMILES string of the molecule is O=C(NC1CN(c2cnccn2)C1)C1CC1. The second-order valence-electron chi connectivity index (χ2n) is 4.45. The monoisotopic (exact) mass is 218 g/mol. The van der Waals surface area contributed by atoms with Gasteiger partial charge in [0.1, 0.15) is 5.82 Å². The van der Waals surface area contributed by atoms with Crippen LogP contribution in [0.15, 0.2) is 18.6 Å². The van der Waals surface area contributed by atoms with Gasteiger partial charge in [-0.1, -0.05) is 0 Å². The Morgan fingerprint density at radius 1 is 1.38 bits per heavy atom. The fraction of sp³-hybridized carbons (Fsp3) is 0.545. The van der Waals surface area contributed by atoms with Gasteiger partial charge >= 0.3 is 0 Å². The van der Waals surface area contributed by atoms with E-state index in [1.54, 1.807) is 18.6 Å². The Balaban J connectivity index is 1.49. The number of anilines is 1. The lowest BCUT2D eigenvalue weighted by molar-refractivity contribution is -0.123. The number of carbonyl (C=O) groups is 1. The number of hydrogen-bond donors (Lipinski definition) is 1. The summed E-state index contributed by atoms with van der Waals surface area (Å²) in [5.41, 5.74) is 0. The van der Waals surface area contributed by atoms with Crippen LogP contribution in [0.1, 0.15) is 12.8 Å². The second kappa shape index (κ2) is 3.73. The van der Waals surface area contributed by atoms with E-state index in [-0.39, 0.29) is 11.9 Å². The lowest BCUT2D eigenvalue weighted by atomic mass is 10.1. The molecule has 1 aliphatic carbocycles. The maximum Gasteiger partial charge on any atom is 0.223 e. The molecule has 16 heavy (non-hydrogen) atoms. The van der Waals surface area contributed by atoms with Crippen molar-refractivity contribution in [3.63, 3.8) is 0 Å². The van der Waals surface area contributed by atoms with Gasteiger partial charge in [0.25, 0.3) is 0 Å². The molecule has 2 heterocycles. The Labute approximate surface area is 93.9 Å². The zero-order valence-corrected chi connectivity index (χ0v) is 8.97. The Morgan fingerprint density at radius 2 is 2.19 bits per heavy atom. The Morgan fingerprint density at radius 3 is 2.81 bits per heavy atom. The summed E-state index contributed by atoms with van der Waals surface area (Å²) in [5, 5.41) is 3.05. The highest BCUT2D eigenvalue weighted by atomic mass is 16.2. The van der Waals surface area contributed by atoms with Gasteiger partial charge in [-0.05, 0) is 12.8 Å². The van der Waals surface area contributed by atoms with Gasteiger partial charge < -0.3 is 10.2 Å². The molecule has 1 aromatic rings. The summed E-state index contributed by atoms with van der Waals surface area (Å²) >= 11 is 0. The van der Waals surface area contributed by atoms with Crippen molar-refractivity contribution < 1.29 is 4.79 Å². The van der Waals surface area contributed by atoms with Crippen molar-refractivity contribution in [3.05, 3.63) is 18.6 Å². The fourth-order valence-corrected chi connectivity index (χ4v) is 1.88. The molecule has 1 aromatic heterocycles. The molecule has 2 aliphatic rings. The summed E-state index contributed by atoms with van der Waals surface area (Å²) in [6, 6.07) is 0.287. The highest BCUT2D eigenvalue weighted by Gasteiger charge is 2.34. The molecule has 5 heteroatoms. The molecule has 1 saturated heterocycles. The minimum atomic E-state index is 0.226. The summed E-state index contributed by atoms with van der Waals surface area (Å²) in [5.74, 6) is 1.41. The third-order valence-corrected chi connectivity index (χ3v) is 3.05. The van der Waals surface area contributed by atoms with E-state index in [9.17, 15) is 4.79 Å². The predicted octanol–water partition coefficient (Wildman–Crippen LogP) is 0.191. The van der Waals surface area contributed by atoms with Crippen LogP contribution in [-0.2, 0) is 4.79 Å². The van der Waals surface area contributed by atoms with E-state index in [1.165, 1.54) is 0 Å². The molecule has 84 valence electrons. The van der Waals surface area contributed by atoms with Crippen LogP contribution in [0.25, 0.3) is 0 Å². The quantitative estimate of drug-likeness (QED) is 0.787. The molecule has 0 atom stereocenters. The zero-order chi connectivity index (χ0) is 11.0. The van der Waals surface area contributed by atoms with E-state index in [0.29, 0.717) is 5.92 Å². The van der Waals surface area contributed by atoms with E-state index < -0.39 is 0 Å². The van der Waals surface area contributed by atoms with Gasteiger partial charge in [-0.2, -0.15) is 0 Å². The number of carbonyl (C=O) groups excluding carboxylic acids is 1. The Hall–Kier alpha value is -1.65. The lowest BCUT2D eigenvalue weighted by Gasteiger charge is -2.40. The Kier molecular flexibility index (Phi) is 2.23. The summed E-state index contributed by atoms with van der Waals surface area (Å²) in [6.07, 6.45) is 7.22. The van der Waals surface area contributed by atoms with E-state index in [2.05, 4.69) is 20.2 Å². The number of nitrogens with one attached hydrogen (secondary N) is 1. The smallest absolute Gasteiger partial charge is 0.223 e. The van der Waals surface area contributed by atoms with E-state index in [1.807, 2.05) is 0 Å². The van der Waals surface area contributed by atoms with Crippen LogP contribution >= 0.6 is 0 Å². The van der Waals surface area contributed by atoms with Gasteiger partial charge in [-0.15, -0.1) is 0 Å². The maximum atomic E-state index is 11.5. The van der Waals surface area contributed by atoms with Crippen molar-refractivity contribution in [2.24, 2.45) is 5.92 Å². The van der Waals surface area contributed by atoms with Crippen LogP contribution in [0.3, 0.4) is 0 Å². The number of hydrogen-bond acceptors (Lipinski definition) is 4. The molecular formula is C11H14N4O. The minimum Gasteiger partial charge on any atom is -0.351 e. The van der Waals surface area contributed by atoms with E-state index in [4.69, 9.17) is 0 Å². The molecule has 5 nitrogen and oxygen atoms in total. The maximum absolute atomic E-state index is 11.5. The lowest BCUT2D eigenvalue weighted by Crippen LogP contribution is -2.60. The van der Waals surface area contributed by atoms with Gasteiger partial charge in [-0.3, -0.25) is 9.78 Å². The molecule has 1 aliphatic heterocycles. The van der Waals surface area contributed by atoms with Crippen molar-refractivity contribution in [1.82, 2.24) is 15.3 Å². The van der Waals surface area contributed by atoms with Crippen LogP contribution < -0.4 is 10.2 Å². The summed E-state index contributed by atoms with van der Waals surface area (Å²) in [7, 11) is 0. The van der Waals surface area contributed by atoms with Crippen LogP contribution in [0.4, 0.5) is 5.82 Å². The average molecular weight is 218 g/mol. The summed E-state index contributed by atoms with van der Waals surface area (Å²) in [6.45, 7) is 1.69. The highest BCUT2D eigenvalue weighted by molar-refractivity contribution is 5.81. The number of amides is 1. The number of aromatic nitrogens is 2. The van der Waals surface area contributed by atoms with Gasteiger partial charge in [0.05, 0.1) is 12.2 Å². The first-order chi connectivity index (χ1) is 7.83. The molecule has 1 amide bonds. The third-order valence-electron chi connectivity index (χ3n) is 3.05. The van der Waals surface area contributed by atoms with Crippen LogP contribution in [0.2, 0.25) is 0 Å². The fourth-order valence-electron chi connectivity index (χ4n) is 1.88. The summed E-state index contributed by atoms with van der Waals surface area (Å²) < 4.78 is 0. The van der Waals surface area contributed by atoms with E-state index >= 15 is 0 Å². The van der Waals surface area contributed by atoms with Crippen LogP contribution in [0.5, 0.6) is 0 Å².